The van der Waals surface area contributed by atoms with Crippen molar-refractivity contribution in [3.63, 3.8) is 0 Å². The van der Waals surface area contributed by atoms with Gasteiger partial charge in [-0.05, 0) is 43.4 Å². The zero-order valence-corrected chi connectivity index (χ0v) is 15.1. The molecular formula is C18H24ClN3O3. The Labute approximate surface area is 152 Å². The van der Waals surface area contributed by atoms with Crippen molar-refractivity contribution in [1.29, 1.82) is 0 Å². The highest BCUT2D eigenvalue weighted by atomic mass is 35.5. The minimum Gasteiger partial charge on any atom is -0.486 e. The third-order valence-electron chi connectivity index (χ3n) is 5.01. The molecule has 0 spiro atoms. The second-order valence-corrected chi connectivity index (χ2v) is 7.12. The quantitative estimate of drug-likeness (QED) is 0.632. The van der Waals surface area contributed by atoms with Gasteiger partial charge in [0.2, 0.25) is 0 Å². The Hall–Kier alpha value is -1.66. The summed E-state index contributed by atoms with van der Waals surface area (Å²) in [5.74, 6) is 2.21. The Morgan fingerprint density at radius 3 is 2.92 bits per heavy atom. The Bertz CT molecular complexity index is 667. The Balaban J connectivity index is 1.30. The van der Waals surface area contributed by atoms with Gasteiger partial charge in [-0.1, -0.05) is 11.6 Å². The molecule has 2 N–H and O–H groups in total. The maximum atomic E-state index is 6.29. The van der Waals surface area contributed by atoms with E-state index >= 15 is 0 Å². The maximum Gasteiger partial charge on any atom is 0.191 e. The van der Waals surface area contributed by atoms with Crippen molar-refractivity contribution >= 4 is 17.6 Å². The smallest absolute Gasteiger partial charge is 0.191 e. The molecule has 2 fully saturated rings. The predicted molar refractivity (Wildman–Crippen MR) is 96.9 cm³/mol. The fourth-order valence-electron chi connectivity index (χ4n) is 3.79. The molecule has 2 saturated heterocycles. The lowest BCUT2D eigenvalue weighted by atomic mass is 9.96. The molecule has 0 amide bonds. The van der Waals surface area contributed by atoms with E-state index in [0.29, 0.717) is 42.2 Å². The largest absolute Gasteiger partial charge is 0.486 e. The highest BCUT2D eigenvalue weighted by molar-refractivity contribution is 6.32. The van der Waals surface area contributed by atoms with E-state index in [4.69, 9.17) is 25.8 Å². The molecular weight excluding hydrogens is 342 g/mol. The van der Waals surface area contributed by atoms with Gasteiger partial charge < -0.3 is 24.8 Å². The van der Waals surface area contributed by atoms with E-state index in [2.05, 4.69) is 15.6 Å². The van der Waals surface area contributed by atoms with Crippen LogP contribution in [0.25, 0.3) is 0 Å². The van der Waals surface area contributed by atoms with Crippen LogP contribution in [0.5, 0.6) is 11.5 Å². The van der Waals surface area contributed by atoms with Crippen molar-refractivity contribution in [2.24, 2.45) is 4.99 Å². The predicted octanol–water partition coefficient (Wildman–Crippen LogP) is 2.14. The lowest BCUT2D eigenvalue weighted by Crippen LogP contribution is -2.47. The average Bonchev–Trinajstić information content (AvgIpc) is 3.24. The standard InChI is InChI=1S/C18H24ClN3O3/c1-20-18(22-14-10-12-2-3-15(14)25-12)21-5-4-11-8-13(19)17-16(9-11)23-6-7-24-17/h8-9,12,14-15H,2-7,10H2,1H3,(H2,20,21,22). The number of fused-ring (bicyclic) bond motifs is 3. The summed E-state index contributed by atoms with van der Waals surface area (Å²) in [7, 11) is 1.80. The number of nitrogens with one attached hydrogen (secondary N) is 2. The van der Waals surface area contributed by atoms with E-state index in [1.165, 1.54) is 6.42 Å². The average molecular weight is 366 g/mol. The fourth-order valence-corrected chi connectivity index (χ4v) is 4.08. The van der Waals surface area contributed by atoms with Crippen molar-refractivity contribution in [2.45, 2.75) is 43.9 Å². The molecule has 136 valence electrons. The van der Waals surface area contributed by atoms with E-state index in [9.17, 15) is 0 Å². The normalized spacial score (nSPS) is 27.4. The van der Waals surface area contributed by atoms with E-state index in [0.717, 1.165) is 43.1 Å². The van der Waals surface area contributed by atoms with Crippen LogP contribution in [0.3, 0.4) is 0 Å². The first-order valence-electron chi connectivity index (χ1n) is 8.93. The number of ether oxygens (including phenoxy) is 3. The summed E-state index contributed by atoms with van der Waals surface area (Å²) in [4.78, 5) is 4.32. The van der Waals surface area contributed by atoms with Gasteiger partial charge >= 0.3 is 0 Å². The third-order valence-corrected chi connectivity index (χ3v) is 5.30. The van der Waals surface area contributed by atoms with Gasteiger partial charge in [0, 0.05) is 13.6 Å². The summed E-state index contributed by atoms with van der Waals surface area (Å²) in [5, 5.41) is 7.47. The van der Waals surface area contributed by atoms with Crippen LogP contribution in [0, 0.1) is 0 Å². The van der Waals surface area contributed by atoms with E-state index in [-0.39, 0.29) is 0 Å². The third kappa shape index (κ3) is 3.65. The molecule has 25 heavy (non-hydrogen) atoms. The lowest BCUT2D eigenvalue weighted by molar-refractivity contribution is 0.0992. The number of aliphatic imine (C=N–C) groups is 1. The first kappa shape index (κ1) is 16.8. The maximum absolute atomic E-state index is 6.29. The minimum absolute atomic E-state index is 0.333. The molecule has 3 aliphatic rings. The molecule has 4 rings (SSSR count). The summed E-state index contributed by atoms with van der Waals surface area (Å²) in [6.07, 6.45) is 5.00. The fraction of sp³-hybridized carbons (Fsp3) is 0.611. The van der Waals surface area contributed by atoms with Gasteiger partial charge in [-0.2, -0.15) is 0 Å². The minimum atomic E-state index is 0.333. The van der Waals surface area contributed by atoms with Crippen LogP contribution in [-0.4, -0.2) is 51.0 Å². The monoisotopic (exact) mass is 365 g/mol. The Morgan fingerprint density at radius 2 is 2.16 bits per heavy atom. The SMILES string of the molecule is CN=C(NCCc1cc(Cl)c2c(c1)OCCO2)NC1CC2CCC1O2. The van der Waals surface area contributed by atoms with Crippen molar-refractivity contribution < 1.29 is 14.2 Å². The molecule has 3 atom stereocenters. The van der Waals surface area contributed by atoms with E-state index in [1.807, 2.05) is 12.1 Å². The van der Waals surface area contributed by atoms with Gasteiger partial charge in [0.1, 0.15) is 13.2 Å². The molecule has 3 heterocycles. The highest BCUT2D eigenvalue weighted by Gasteiger charge is 2.41. The van der Waals surface area contributed by atoms with Crippen molar-refractivity contribution in [1.82, 2.24) is 10.6 Å². The topological polar surface area (TPSA) is 64.1 Å². The first-order valence-corrected chi connectivity index (χ1v) is 9.31. The van der Waals surface area contributed by atoms with Crippen molar-refractivity contribution in [3.8, 4) is 11.5 Å². The molecule has 0 aromatic heterocycles. The van der Waals surface area contributed by atoms with Crippen LogP contribution in [0.2, 0.25) is 5.02 Å². The number of rotatable bonds is 4. The van der Waals surface area contributed by atoms with Crippen LogP contribution < -0.4 is 20.1 Å². The number of nitrogens with zero attached hydrogens (tertiary/aromatic N) is 1. The van der Waals surface area contributed by atoms with Crippen LogP contribution in [0.4, 0.5) is 0 Å². The van der Waals surface area contributed by atoms with Crippen LogP contribution in [0.1, 0.15) is 24.8 Å². The zero-order chi connectivity index (χ0) is 17.2. The molecule has 3 unspecified atom stereocenters. The highest BCUT2D eigenvalue weighted by Crippen LogP contribution is 2.38. The van der Waals surface area contributed by atoms with Gasteiger partial charge in [-0.25, -0.2) is 0 Å². The molecule has 0 saturated carbocycles. The molecule has 2 bridgehead atoms. The van der Waals surface area contributed by atoms with Crippen LogP contribution >= 0.6 is 11.6 Å². The Morgan fingerprint density at radius 1 is 1.28 bits per heavy atom. The summed E-state index contributed by atoms with van der Waals surface area (Å²) < 4.78 is 17.1. The summed E-state index contributed by atoms with van der Waals surface area (Å²) in [6.45, 7) is 1.87. The lowest BCUT2D eigenvalue weighted by Gasteiger charge is -2.23. The second kappa shape index (κ2) is 7.30. The number of hydrogen-bond donors (Lipinski definition) is 2. The van der Waals surface area contributed by atoms with Crippen LogP contribution in [-0.2, 0) is 11.2 Å². The Kier molecular flexibility index (Phi) is 4.90. The molecule has 0 aliphatic carbocycles. The summed E-state index contributed by atoms with van der Waals surface area (Å²) in [6, 6.07) is 4.31. The number of benzene rings is 1. The number of hydrogen-bond acceptors (Lipinski definition) is 4. The summed E-state index contributed by atoms with van der Waals surface area (Å²) >= 11 is 6.29. The van der Waals surface area contributed by atoms with E-state index in [1.54, 1.807) is 7.05 Å². The molecule has 0 radical (unpaired) electrons. The van der Waals surface area contributed by atoms with Crippen LogP contribution in [0.15, 0.2) is 17.1 Å². The first-order chi connectivity index (χ1) is 12.2. The molecule has 1 aromatic carbocycles. The number of guanidine groups is 1. The van der Waals surface area contributed by atoms with Gasteiger partial charge in [0.15, 0.2) is 17.5 Å². The zero-order valence-electron chi connectivity index (χ0n) is 14.4. The van der Waals surface area contributed by atoms with Crippen molar-refractivity contribution in [2.75, 3.05) is 26.8 Å². The molecule has 1 aromatic rings. The van der Waals surface area contributed by atoms with E-state index < -0.39 is 0 Å². The van der Waals surface area contributed by atoms with Gasteiger partial charge in [-0.3, -0.25) is 4.99 Å². The van der Waals surface area contributed by atoms with Gasteiger partial charge in [0.05, 0.1) is 23.3 Å². The number of halogens is 1. The van der Waals surface area contributed by atoms with Crippen molar-refractivity contribution in [3.05, 3.63) is 22.7 Å². The molecule has 7 heteroatoms. The summed E-state index contributed by atoms with van der Waals surface area (Å²) in [5.41, 5.74) is 1.11. The van der Waals surface area contributed by atoms with Gasteiger partial charge in [0.25, 0.3) is 0 Å². The molecule has 3 aliphatic heterocycles. The molecule has 6 nitrogen and oxygen atoms in total. The van der Waals surface area contributed by atoms with Gasteiger partial charge in [-0.15, -0.1) is 0 Å². The second-order valence-electron chi connectivity index (χ2n) is 6.71.